The van der Waals surface area contributed by atoms with Crippen LogP contribution in [0.5, 0.6) is 0 Å². The van der Waals surface area contributed by atoms with Crippen LogP contribution in [0.15, 0.2) is 36.9 Å². The van der Waals surface area contributed by atoms with Crippen LogP contribution < -0.4 is 0 Å². The SMILES string of the molecule is C#Cc1c(F)ccc2cccc(C(=C)C)c12. The van der Waals surface area contributed by atoms with Gasteiger partial charge in [-0.05, 0) is 23.9 Å². The number of rotatable bonds is 1. The largest absolute Gasteiger partial charge is 0.206 e. The Morgan fingerprint density at radius 2 is 2.06 bits per heavy atom. The van der Waals surface area contributed by atoms with Gasteiger partial charge in [0.2, 0.25) is 0 Å². The number of benzene rings is 2. The molecule has 0 fully saturated rings. The first-order valence-electron chi connectivity index (χ1n) is 4.99. The number of hydrogen-bond acceptors (Lipinski definition) is 0. The fourth-order valence-corrected chi connectivity index (χ4v) is 1.85. The van der Waals surface area contributed by atoms with Gasteiger partial charge in [-0.1, -0.05) is 42.3 Å². The molecule has 0 unspecified atom stereocenters. The van der Waals surface area contributed by atoms with Crippen LogP contribution in [0.25, 0.3) is 16.3 Å². The molecule has 0 bridgehead atoms. The third-order valence-corrected chi connectivity index (χ3v) is 2.60. The van der Waals surface area contributed by atoms with Crippen molar-refractivity contribution >= 4 is 16.3 Å². The molecular formula is C15H11F. The summed E-state index contributed by atoms with van der Waals surface area (Å²) in [6.07, 6.45) is 5.37. The normalized spacial score (nSPS) is 10.1. The van der Waals surface area contributed by atoms with Gasteiger partial charge in [0, 0.05) is 5.39 Å². The molecule has 0 aliphatic rings. The molecule has 0 spiro atoms. The van der Waals surface area contributed by atoms with E-state index in [1.54, 1.807) is 6.07 Å². The second-order valence-electron chi connectivity index (χ2n) is 3.75. The van der Waals surface area contributed by atoms with Gasteiger partial charge in [-0.15, -0.1) is 6.42 Å². The van der Waals surface area contributed by atoms with Crippen LogP contribution in [0.4, 0.5) is 4.39 Å². The second kappa shape index (κ2) is 3.83. The summed E-state index contributed by atoms with van der Waals surface area (Å²) in [5, 5.41) is 1.72. The van der Waals surface area contributed by atoms with Crippen LogP contribution in [-0.2, 0) is 0 Å². The quantitative estimate of drug-likeness (QED) is 0.624. The molecule has 0 aromatic heterocycles. The summed E-state index contributed by atoms with van der Waals surface area (Å²) in [4.78, 5) is 0. The van der Waals surface area contributed by atoms with E-state index >= 15 is 0 Å². The van der Waals surface area contributed by atoms with Gasteiger partial charge >= 0.3 is 0 Å². The molecule has 1 heteroatoms. The molecule has 0 N–H and O–H groups in total. The highest BCUT2D eigenvalue weighted by atomic mass is 19.1. The van der Waals surface area contributed by atoms with Crippen LogP contribution in [0.3, 0.4) is 0 Å². The summed E-state index contributed by atoms with van der Waals surface area (Å²) in [5.41, 5.74) is 2.11. The van der Waals surface area contributed by atoms with Crippen LogP contribution >= 0.6 is 0 Å². The smallest absolute Gasteiger partial charge is 0.139 e. The number of halogens is 1. The lowest BCUT2D eigenvalue weighted by Crippen LogP contribution is -1.90. The van der Waals surface area contributed by atoms with E-state index < -0.39 is 0 Å². The number of hydrogen-bond donors (Lipinski definition) is 0. The standard InChI is InChI=1S/C15H11F/c1-4-12-14(16)9-8-11-6-5-7-13(10(2)3)15(11)12/h1,5-9H,2H2,3H3. The van der Waals surface area contributed by atoms with Gasteiger partial charge in [0.1, 0.15) is 5.82 Å². The zero-order chi connectivity index (χ0) is 11.7. The Labute approximate surface area is 94.4 Å². The zero-order valence-electron chi connectivity index (χ0n) is 9.05. The maximum Gasteiger partial charge on any atom is 0.139 e. The van der Waals surface area contributed by atoms with Gasteiger partial charge in [0.25, 0.3) is 0 Å². The number of terminal acetylenes is 1. The molecule has 0 radical (unpaired) electrons. The van der Waals surface area contributed by atoms with Gasteiger partial charge in [-0.25, -0.2) is 4.39 Å². The van der Waals surface area contributed by atoms with Crippen LogP contribution in [-0.4, -0.2) is 0 Å². The molecule has 0 amide bonds. The van der Waals surface area contributed by atoms with Crippen molar-refractivity contribution in [3.05, 3.63) is 53.9 Å². The predicted octanol–water partition coefficient (Wildman–Crippen LogP) is 3.99. The summed E-state index contributed by atoms with van der Waals surface area (Å²) < 4.78 is 13.6. The van der Waals surface area contributed by atoms with Crippen molar-refractivity contribution in [2.45, 2.75) is 6.92 Å². The lowest BCUT2D eigenvalue weighted by molar-refractivity contribution is 0.626. The molecule has 0 saturated carbocycles. The highest BCUT2D eigenvalue weighted by molar-refractivity contribution is 5.97. The monoisotopic (exact) mass is 210 g/mol. The second-order valence-corrected chi connectivity index (χ2v) is 3.75. The molecule has 0 saturated heterocycles. The van der Waals surface area contributed by atoms with Gasteiger partial charge in [0.15, 0.2) is 0 Å². The Hall–Kier alpha value is -2.07. The summed E-state index contributed by atoms with van der Waals surface area (Å²) in [7, 11) is 0. The molecular weight excluding hydrogens is 199 g/mol. The van der Waals surface area contributed by atoms with Gasteiger partial charge in [-0.2, -0.15) is 0 Å². The minimum absolute atomic E-state index is 0.316. The molecule has 0 aliphatic heterocycles. The number of allylic oxidation sites excluding steroid dienone is 1. The fraction of sp³-hybridized carbons (Fsp3) is 0.0667. The van der Waals surface area contributed by atoms with Crippen molar-refractivity contribution < 1.29 is 4.39 Å². The Morgan fingerprint density at radius 3 is 2.69 bits per heavy atom. The highest BCUT2D eigenvalue weighted by Gasteiger charge is 2.09. The molecule has 0 heterocycles. The molecule has 16 heavy (non-hydrogen) atoms. The average molecular weight is 210 g/mol. The lowest BCUT2D eigenvalue weighted by Gasteiger charge is -2.08. The number of fused-ring (bicyclic) bond motifs is 1. The van der Waals surface area contributed by atoms with Crippen LogP contribution in [0.1, 0.15) is 18.1 Å². The van der Waals surface area contributed by atoms with Crippen molar-refractivity contribution in [3.63, 3.8) is 0 Å². The average Bonchev–Trinajstić information content (AvgIpc) is 2.28. The van der Waals surface area contributed by atoms with Crippen molar-refractivity contribution in [1.82, 2.24) is 0 Å². The van der Waals surface area contributed by atoms with E-state index in [0.717, 1.165) is 21.9 Å². The van der Waals surface area contributed by atoms with Crippen molar-refractivity contribution in [2.75, 3.05) is 0 Å². The first-order valence-corrected chi connectivity index (χ1v) is 4.99. The maximum atomic E-state index is 13.6. The van der Waals surface area contributed by atoms with Gasteiger partial charge in [-0.3, -0.25) is 0 Å². The lowest BCUT2D eigenvalue weighted by atomic mass is 9.96. The topological polar surface area (TPSA) is 0 Å². The Bertz CT molecular complexity index is 615. The molecule has 2 aromatic rings. The molecule has 0 aliphatic carbocycles. The summed E-state index contributed by atoms with van der Waals surface area (Å²) in [6.45, 7) is 5.78. The van der Waals surface area contributed by atoms with E-state index in [1.165, 1.54) is 6.07 Å². The molecule has 0 nitrogen and oxygen atoms in total. The van der Waals surface area contributed by atoms with Crippen molar-refractivity contribution in [3.8, 4) is 12.3 Å². The summed E-state index contributed by atoms with van der Waals surface area (Å²) in [5.74, 6) is 2.06. The van der Waals surface area contributed by atoms with Crippen molar-refractivity contribution in [1.29, 1.82) is 0 Å². The van der Waals surface area contributed by atoms with E-state index in [9.17, 15) is 4.39 Å². The minimum Gasteiger partial charge on any atom is -0.206 e. The highest BCUT2D eigenvalue weighted by Crippen LogP contribution is 2.28. The Morgan fingerprint density at radius 1 is 1.31 bits per heavy atom. The van der Waals surface area contributed by atoms with Gasteiger partial charge in [0.05, 0.1) is 5.56 Å². The third-order valence-electron chi connectivity index (χ3n) is 2.60. The van der Waals surface area contributed by atoms with Gasteiger partial charge < -0.3 is 0 Å². The van der Waals surface area contributed by atoms with E-state index in [0.29, 0.717) is 5.56 Å². The van der Waals surface area contributed by atoms with E-state index in [4.69, 9.17) is 6.42 Å². The van der Waals surface area contributed by atoms with E-state index in [1.807, 2.05) is 25.1 Å². The molecule has 2 rings (SSSR count). The van der Waals surface area contributed by atoms with Crippen molar-refractivity contribution in [2.24, 2.45) is 0 Å². The molecule has 0 atom stereocenters. The summed E-state index contributed by atoms with van der Waals surface area (Å²) in [6, 6.07) is 8.88. The van der Waals surface area contributed by atoms with E-state index in [2.05, 4.69) is 12.5 Å². The first kappa shape index (κ1) is 10.4. The fourth-order valence-electron chi connectivity index (χ4n) is 1.85. The zero-order valence-corrected chi connectivity index (χ0v) is 9.05. The minimum atomic E-state index is -0.358. The molecule has 2 aromatic carbocycles. The van der Waals surface area contributed by atoms with E-state index in [-0.39, 0.29) is 5.82 Å². The molecule has 78 valence electrons. The summed E-state index contributed by atoms with van der Waals surface area (Å²) >= 11 is 0. The Balaban J connectivity index is 3.00. The van der Waals surface area contributed by atoms with Crippen LogP contribution in [0, 0.1) is 18.2 Å². The predicted molar refractivity (Wildman–Crippen MR) is 66.5 cm³/mol. The first-order chi connectivity index (χ1) is 7.65. The van der Waals surface area contributed by atoms with Crippen LogP contribution in [0.2, 0.25) is 0 Å². The third kappa shape index (κ3) is 1.49. The Kier molecular flexibility index (Phi) is 2.50. The maximum absolute atomic E-state index is 13.6.